The van der Waals surface area contributed by atoms with Crippen LogP contribution in [0.2, 0.25) is 0 Å². The average Bonchev–Trinajstić information content (AvgIpc) is 2.91. The predicted molar refractivity (Wildman–Crippen MR) is 142 cm³/mol. The number of pyridine rings is 1. The Labute approximate surface area is 211 Å². The van der Waals surface area contributed by atoms with Gasteiger partial charge in [0.2, 0.25) is 5.95 Å². The smallest absolute Gasteiger partial charge is 0.325 e. The summed E-state index contributed by atoms with van der Waals surface area (Å²) in [5, 5.41) is 0.820. The maximum absolute atomic E-state index is 11.9. The molecule has 2 heterocycles. The number of nitrogens with two attached hydrogens (primary N) is 1. The zero-order valence-electron chi connectivity index (χ0n) is 20.5. The van der Waals surface area contributed by atoms with Crippen LogP contribution in [0.1, 0.15) is 31.2 Å². The molecule has 0 unspecified atom stereocenters. The SMILES string of the molecule is [CH2+]CCN(CC(=O)OC)c1ncc2cc(-c3ccccc3)c(-c3ccc(C4(N)CCC4)cc3)nc2n1. The summed E-state index contributed by atoms with van der Waals surface area (Å²) < 4.78 is 4.84. The third kappa shape index (κ3) is 4.62. The summed E-state index contributed by atoms with van der Waals surface area (Å²) in [6, 6.07) is 20.7. The average molecular weight is 481 g/mol. The topological polar surface area (TPSA) is 94.2 Å². The first-order valence-corrected chi connectivity index (χ1v) is 12.2. The third-order valence-electron chi connectivity index (χ3n) is 6.88. The summed E-state index contributed by atoms with van der Waals surface area (Å²) in [7, 11) is 1.37. The number of fused-ring (bicyclic) bond motifs is 1. The highest BCUT2D eigenvalue weighted by atomic mass is 16.5. The molecule has 0 radical (unpaired) electrons. The number of anilines is 1. The van der Waals surface area contributed by atoms with E-state index in [-0.39, 0.29) is 18.1 Å². The second kappa shape index (κ2) is 9.95. The Morgan fingerprint density at radius 2 is 1.83 bits per heavy atom. The van der Waals surface area contributed by atoms with Crippen molar-refractivity contribution < 1.29 is 9.53 Å². The van der Waals surface area contributed by atoms with E-state index in [1.165, 1.54) is 13.5 Å². The fourth-order valence-electron chi connectivity index (χ4n) is 4.63. The molecule has 0 amide bonds. The van der Waals surface area contributed by atoms with Gasteiger partial charge in [-0.1, -0.05) is 54.6 Å². The number of hydrogen-bond donors (Lipinski definition) is 1. The first-order valence-electron chi connectivity index (χ1n) is 12.2. The molecule has 7 heteroatoms. The van der Waals surface area contributed by atoms with Crippen molar-refractivity contribution in [2.75, 3.05) is 25.1 Å². The lowest BCUT2D eigenvalue weighted by Crippen LogP contribution is -2.43. The van der Waals surface area contributed by atoms with Gasteiger partial charge in [0.1, 0.15) is 13.0 Å². The lowest BCUT2D eigenvalue weighted by molar-refractivity contribution is -0.138. The normalized spacial score (nSPS) is 14.3. The van der Waals surface area contributed by atoms with Crippen molar-refractivity contribution in [1.29, 1.82) is 0 Å². The number of methoxy groups -OCH3 is 1. The number of hydrogen-bond acceptors (Lipinski definition) is 7. The van der Waals surface area contributed by atoms with Crippen LogP contribution < -0.4 is 10.6 Å². The van der Waals surface area contributed by atoms with Crippen LogP contribution in [-0.2, 0) is 15.1 Å². The van der Waals surface area contributed by atoms with Crippen molar-refractivity contribution in [2.45, 2.75) is 31.2 Å². The van der Waals surface area contributed by atoms with Gasteiger partial charge in [0.05, 0.1) is 26.3 Å². The van der Waals surface area contributed by atoms with Crippen molar-refractivity contribution in [3.05, 3.63) is 79.3 Å². The van der Waals surface area contributed by atoms with Crippen molar-refractivity contribution in [2.24, 2.45) is 5.73 Å². The van der Waals surface area contributed by atoms with E-state index in [4.69, 9.17) is 20.4 Å². The van der Waals surface area contributed by atoms with Gasteiger partial charge in [-0.15, -0.1) is 0 Å². The van der Waals surface area contributed by atoms with Crippen molar-refractivity contribution in [1.82, 2.24) is 15.0 Å². The number of rotatable bonds is 8. The molecule has 1 saturated carbocycles. The van der Waals surface area contributed by atoms with E-state index < -0.39 is 0 Å². The molecular weight excluding hydrogens is 450 g/mol. The maximum Gasteiger partial charge on any atom is 0.325 e. The van der Waals surface area contributed by atoms with Crippen LogP contribution >= 0.6 is 0 Å². The fraction of sp³-hybridized carbons (Fsp3) is 0.276. The van der Waals surface area contributed by atoms with Crippen molar-refractivity contribution in [3.8, 4) is 22.4 Å². The molecule has 2 N–H and O–H groups in total. The van der Waals surface area contributed by atoms with Crippen LogP contribution in [0.3, 0.4) is 0 Å². The Morgan fingerprint density at radius 1 is 1.08 bits per heavy atom. The molecule has 2 aromatic heterocycles. The molecule has 0 aliphatic heterocycles. The molecule has 182 valence electrons. The maximum atomic E-state index is 11.9. The molecule has 1 fully saturated rings. The number of nitrogens with zero attached hydrogens (tertiary/aromatic N) is 4. The van der Waals surface area contributed by atoms with E-state index >= 15 is 0 Å². The van der Waals surface area contributed by atoms with Gasteiger partial charge < -0.3 is 15.4 Å². The molecule has 4 aromatic rings. The van der Waals surface area contributed by atoms with Crippen LogP contribution in [0.15, 0.2) is 66.9 Å². The summed E-state index contributed by atoms with van der Waals surface area (Å²) in [6.45, 7) is 4.48. The first kappa shape index (κ1) is 23.8. The van der Waals surface area contributed by atoms with E-state index in [0.29, 0.717) is 24.6 Å². The van der Waals surface area contributed by atoms with Gasteiger partial charge in [-0.2, -0.15) is 4.98 Å². The monoisotopic (exact) mass is 480 g/mol. The minimum atomic E-state index is -0.357. The van der Waals surface area contributed by atoms with E-state index in [2.05, 4.69) is 54.4 Å². The molecule has 2 aromatic carbocycles. The Hall–Kier alpha value is -3.97. The first-order chi connectivity index (χ1) is 17.5. The number of ether oxygens (including phenoxy) is 1. The quantitative estimate of drug-likeness (QED) is 0.283. The van der Waals surface area contributed by atoms with E-state index in [1.54, 1.807) is 11.1 Å². The van der Waals surface area contributed by atoms with Crippen LogP contribution in [0, 0.1) is 6.92 Å². The summed E-state index contributed by atoms with van der Waals surface area (Å²) in [5.41, 5.74) is 12.0. The zero-order valence-corrected chi connectivity index (χ0v) is 20.5. The number of benzene rings is 2. The Balaban J connectivity index is 1.61. The Kier molecular flexibility index (Phi) is 6.57. The molecule has 0 bridgehead atoms. The summed E-state index contributed by atoms with van der Waals surface area (Å²) in [6.07, 6.45) is 5.56. The Morgan fingerprint density at radius 3 is 2.47 bits per heavy atom. The molecule has 1 aliphatic carbocycles. The van der Waals surface area contributed by atoms with Gasteiger partial charge in [0.15, 0.2) is 5.65 Å². The van der Waals surface area contributed by atoms with Gasteiger partial charge in [0.25, 0.3) is 0 Å². The van der Waals surface area contributed by atoms with Crippen LogP contribution in [0.25, 0.3) is 33.4 Å². The highest BCUT2D eigenvalue weighted by Crippen LogP contribution is 2.40. The van der Waals surface area contributed by atoms with Crippen LogP contribution in [0.5, 0.6) is 0 Å². The standard InChI is InChI=1S/C29H30N5O2/c1-3-16-34(19-25(35)36-2)28-31-18-22-17-24(20-8-5-4-6-9-20)26(32-27(22)33-28)21-10-12-23(13-11-21)29(30)14-7-15-29/h4-6,8-13,17-18H,1,3,7,14-16,19,30H2,2H3/q+1. The third-order valence-corrected chi connectivity index (χ3v) is 6.88. The summed E-state index contributed by atoms with van der Waals surface area (Å²) in [5.74, 6) is 0.0670. The van der Waals surface area contributed by atoms with Gasteiger partial charge in [-0.3, -0.25) is 4.79 Å². The molecule has 5 rings (SSSR count). The highest BCUT2D eigenvalue weighted by molar-refractivity contribution is 5.90. The van der Waals surface area contributed by atoms with Crippen molar-refractivity contribution in [3.63, 3.8) is 0 Å². The largest absolute Gasteiger partial charge is 0.468 e. The molecular formula is C29H30N5O2+. The Bertz CT molecular complexity index is 1370. The van der Waals surface area contributed by atoms with E-state index in [1.807, 2.05) is 18.2 Å². The highest BCUT2D eigenvalue weighted by Gasteiger charge is 2.34. The predicted octanol–water partition coefficient (Wildman–Crippen LogP) is 4.90. The second-order valence-electron chi connectivity index (χ2n) is 9.27. The fourth-order valence-corrected chi connectivity index (χ4v) is 4.63. The lowest BCUT2D eigenvalue weighted by atomic mass is 9.72. The number of esters is 1. The van der Waals surface area contributed by atoms with Gasteiger partial charge in [-0.05, 0) is 36.5 Å². The molecule has 36 heavy (non-hydrogen) atoms. The minimum Gasteiger partial charge on any atom is -0.468 e. The number of carbonyl (C=O) groups is 1. The zero-order chi connectivity index (χ0) is 25.1. The van der Waals surface area contributed by atoms with Crippen molar-refractivity contribution >= 4 is 23.0 Å². The van der Waals surface area contributed by atoms with Gasteiger partial charge >= 0.3 is 5.97 Å². The molecule has 1 aliphatic rings. The molecule has 7 nitrogen and oxygen atoms in total. The molecule has 0 saturated heterocycles. The minimum absolute atomic E-state index is 0.0504. The molecule has 0 spiro atoms. The number of aromatic nitrogens is 3. The second-order valence-corrected chi connectivity index (χ2v) is 9.27. The summed E-state index contributed by atoms with van der Waals surface area (Å²) >= 11 is 0. The number of carbonyl (C=O) groups excluding carboxylic acids is 1. The summed E-state index contributed by atoms with van der Waals surface area (Å²) in [4.78, 5) is 28.0. The molecule has 0 atom stereocenters. The van der Waals surface area contributed by atoms with E-state index in [0.717, 1.165) is 46.2 Å². The lowest BCUT2D eigenvalue weighted by Gasteiger charge is -2.38. The van der Waals surface area contributed by atoms with Crippen LogP contribution in [0.4, 0.5) is 5.95 Å². The van der Waals surface area contributed by atoms with E-state index in [9.17, 15) is 4.79 Å². The van der Waals surface area contributed by atoms with Crippen LogP contribution in [-0.4, -0.2) is 41.1 Å². The van der Waals surface area contributed by atoms with Gasteiger partial charge in [-0.25, -0.2) is 9.97 Å². The van der Waals surface area contributed by atoms with Gasteiger partial charge in [0, 0.05) is 28.2 Å².